The van der Waals surface area contributed by atoms with E-state index in [-0.39, 0.29) is 11.8 Å². The SMILES string of the molecule is COc1cccc(C(=N)N=C(N)CCN2CCC3=C(CC(c4cnc(C(F)(F)F)nc4)C=C3)C2)c1N. The largest absolute Gasteiger partial charge is 0.495 e. The lowest BCUT2D eigenvalue weighted by molar-refractivity contribution is -0.145. The van der Waals surface area contributed by atoms with Crippen molar-refractivity contribution in [2.45, 2.75) is 31.4 Å². The number of nitrogens with one attached hydrogen (secondary N) is 1. The highest BCUT2D eigenvalue weighted by Crippen LogP contribution is 2.35. The van der Waals surface area contributed by atoms with Gasteiger partial charge in [0.05, 0.1) is 12.8 Å². The van der Waals surface area contributed by atoms with Crippen LogP contribution in [0.5, 0.6) is 5.75 Å². The highest BCUT2D eigenvalue weighted by molar-refractivity contribution is 6.08. The third-order valence-electron chi connectivity index (χ3n) is 6.40. The highest BCUT2D eigenvalue weighted by Gasteiger charge is 2.34. The number of nitrogens with two attached hydrogens (primary N) is 2. The van der Waals surface area contributed by atoms with Gasteiger partial charge in [0.1, 0.15) is 11.6 Å². The third kappa shape index (κ3) is 5.73. The Balaban J connectivity index is 1.34. The molecule has 5 N–H and O–H groups in total. The summed E-state index contributed by atoms with van der Waals surface area (Å²) in [5.41, 5.74) is 16.1. The van der Waals surface area contributed by atoms with Gasteiger partial charge in [0.25, 0.3) is 0 Å². The fraction of sp³-hybridized carbons (Fsp3) is 0.360. The number of alkyl halides is 3. The number of aliphatic imine (C=N–C) groups is 1. The van der Waals surface area contributed by atoms with E-state index in [1.807, 2.05) is 6.08 Å². The topological polar surface area (TPSA) is 126 Å². The summed E-state index contributed by atoms with van der Waals surface area (Å²) < 4.78 is 43.5. The standard InChI is InChI=1S/C25H28F3N7O/c1-36-20-4-2-3-19(22(20)30)23(31)34-21(29)8-10-35-9-7-15-5-6-16(11-17(15)14-35)18-12-32-24(33-13-18)25(26,27)28/h2-6,12-13,16H,7-11,14,30H2,1H3,(H3,29,31,34). The number of para-hydroxylation sites is 1. The van der Waals surface area contributed by atoms with Gasteiger partial charge in [-0.1, -0.05) is 23.8 Å². The Hall–Kier alpha value is -3.73. The van der Waals surface area contributed by atoms with Crippen LogP contribution in [-0.2, 0) is 6.18 Å². The van der Waals surface area contributed by atoms with E-state index in [0.29, 0.717) is 47.8 Å². The maximum absolute atomic E-state index is 12.8. The molecule has 1 atom stereocenters. The number of nitrogens with zero attached hydrogens (tertiary/aromatic N) is 4. The minimum absolute atomic E-state index is 0.0217. The Morgan fingerprint density at radius 2 is 2.03 bits per heavy atom. The molecule has 0 saturated carbocycles. The zero-order chi connectivity index (χ0) is 25.9. The fourth-order valence-electron chi connectivity index (χ4n) is 4.43. The average molecular weight is 500 g/mol. The monoisotopic (exact) mass is 499 g/mol. The van der Waals surface area contributed by atoms with E-state index in [4.69, 9.17) is 21.6 Å². The molecule has 8 nitrogen and oxygen atoms in total. The number of rotatable bonds is 6. The van der Waals surface area contributed by atoms with Gasteiger partial charge in [0, 0.05) is 49.9 Å². The quantitative estimate of drug-likeness (QED) is 0.314. The maximum atomic E-state index is 12.8. The van der Waals surface area contributed by atoms with Crippen LogP contribution in [-0.4, -0.2) is 53.3 Å². The summed E-state index contributed by atoms with van der Waals surface area (Å²) >= 11 is 0. The summed E-state index contributed by atoms with van der Waals surface area (Å²) in [7, 11) is 1.51. The van der Waals surface area contributed by atoms with Crippen molar-refractivity contribution < 1.29 is 17.9 Å². The van der Waals surface area contributed by atoms with Gasteiger partial charge in [-0.2, -0.15) is 13.2 Å². The Morgan fingerprint density at radius 1 is 1.28 bits per heavy atom. The molecule has 1 aliphatic carbocycles. The summed E-state index contributed by atoms with van der Waals surface area (Å²) in [4.78, 5) is 13.5. The zero-order valence-corrected chi connectivity index (χ0v) is 19.8. The van der Waals surface area contributed by atoms with Crippen molar-refractivity contribution in [2.75, 3.05) is 32.5 Å². The molecule has 2 aromatic rings. The molecule has 2 aliphatic rings. The van der Waals surface area contributed by atoms with Gasteiger partial charge in [-0.25, -0.2) is 15.0 Å². The van der Waals surface area contributed by atoms with Gasteiger partial charge >= 0.3 is 6.18 Å². The minimum Gasteiger partial charge on any atom is -0.495 e. The number of hydrogen-bond donors (Lipinski definition) is 3. The van der Waals surface area contributed by atoms with Crippen LogP contribution in [0.2, 0.25) is 0 Å². The highest BCUT2D eigenvalue weighted by atomic mass is 19.4. The van der Waals surface area contributed by atoms with Gasteiger partial charge in [-0.3, -0.25) is 10.3 Å². The van der Waals surface area contributed by atoms with Crippen LogP contribution >= 0.6 is 0 Å². The van der Waals surface area contributed by atoms with E-state index in [1.54, 1.807) is 18.2 Å². The van der Waals surface area contributed by atoms with Gasteiger partial charge in [-0.15, -0.1) is 0 Å². The van der Waals surface area contributed by atoms with Gasteiger partial charge < -0.3 is 16.2 Å². The van der Waals surface area contributed by atoms with E-state index < -0.39 is 12.0 Å². The molecule has 1 unspecified atom stereocenters. The Morgan fingerprint density at radius 3 is 2.72 bits per heavy atom. The Kier molecular flexibility index (Phi) is 7.39. The Labute approximate surface area is 207 Å². The van der Waals surface area contributed by atoms with Crippen LogP contribution in [0.25, 0.3) is 0 Å². The molecular weight excluding hydrogens is 471 g/mol. The number of benzene rings is 1. The molecule has 0 bridgehead atoms. The predicted molar refractivity (Wildman–Crippen MR) is 132 cm³/mol. The van der Waals surface area contributed by atoms with Gasteiger partial charge in [-0.05, 0) is 36.1 Å². The molecule has 0 spiro atoms. The number of nitrogen functional groups attached to an aromatic ring is 1. The first-order valence-electron chi connectivity index (χ1n) is 11.5. The molecule has 0 saturated heterocycles. The first-order valence-corrected chi connectivity index (χ1v) is 11.5. The van der Waals surface area contributed by atoms with Crippen molar-refractivity contribution >= 4 is 17.4 Å². The summed E-state index contributed by atoms with van der Waals surface area (Å²) in [6.45, 7) is 2.28. The molecule has 0 fully saturated rings. The first-order chi connectivity index (χ1) is 17.2. The molecule has 4 rings (SSSR count). The van der Waals surface area contributed by atoms with Crippen LogP contribution in [0, 0.1) is 5.41 Å². The number of methoxy groups -OCH3 is 1. The van der Waals surface area contributed by atoms with E-state index in [9.17, 15) is 13.2 Å². The second-order valence-electron chi connectivity index (χ2n) is 8.79. The number of halogens is 3. The molecule has 36 heavy (non-hydrogen) atoms. The lowest BCUT2D eigenvalue weighted by Gasteiger charge is -2.33. The van der Waals surface area contributed by atoms with Crippen molar-refractivity contribution in [3.63, 3.8) is 0 Å². The number of anilines is 1. The maximum Gasteiger partial charge on any atom is 0.451 e. The number of aromatic nitrogens is 2. The third-order valence-corrected chi connectivity index (χ3v) is 6.40. The Bertz CT molecular complexity index is 1220. The van der Waals surface area contributed by atoms with Crippen molar-refractivity contribution in [1.82, 2.24) is 14.9 Å². The molecule has 190 valence electrons. The molecule has 1 aromatic heterocycles. The summed E-state index contributed by atoms with van der Waals surface area (Å²) in [5, 5.41) is 8.26. The van der Waals surface area contributed by atoms with Crippen molar-refractivity contribution in [2.24, 2.45) is 10.7 Å². The second-order valence-corrected chi connectivity index (χ2v) is 8.79. The van der Waals surface area contributed by atoms with E-state index in [2.05, 4.69) is 25.9 Å². The van der Waals surface area contributed by atoms with E-state index >= 15 is 0 Å². The van der Waals surface area contributed by atoms with Crippen LogP contribution in [0.3, 0.4) is 0 Å². The molecule has 11 heteroatoms. The first kappa shape index (κ1) is 25.4. The summed E-state index contributed by atoms with van der Waals surface area (Å²) in [5.74, 6) is -0.398. The van der Waals surface area contributed by atoms with Crippen LogP contribution < -0.4 is 16.2 Å². The molecule has 1 aromatic carbocycles. The molecule has 1 aliphatic heterocycles. The van der Waals surface area contributed by atoms with Crippen LogP contribution in [0.4, 0.5) is 18.9 Å². The van der Waals surface area contributed by atoms with Crippen molar-refractivity contribution in [3.8, 4) is 5.75 Å². The predicted octanol–water partition coefficient (Wildman–Crippen LogP) is 3.90. The smallest absolute Gasteiger partial charge is 0.451 e. The summed E-state index contributed by atoms with van der Waals surface area (Å²) in [6, 6.07) is 5.16. The van der Waals surface area contributed by atoms with Gasteiger partial charge in [0.15, 0.2) is 5.84 Å². The fourth-order valence-corrected chi connectivity index (χ4v) is 4.43. The molecule has 0 amide bonds. The van der Waals surface area contributed by atoms with Gasteiger partial charge in [0.2, 0.25) is 5.82 Å². The average Bonchev–Trinajstić information content (AvgIpc) is 2.86. The molecular formula is C25H28F3N7O. The van der Waals surface area contributed by atoms with Crippen molar-refractivity contribution in [3.05, 3.63) is 70.8 Å². The van der Waals surface area contributed by atoms with Crippen LogP contribution in [0.1, 0.15) is 42.1 Å². The summed E-state index contributed by atoms with van der Waals surface area (Å²) in [6.07, 6.45) is 4.13. The van der Waals surface area contributed by atoms with E-state index in [0.717, 1.165) is 19.5 Å². The van der Waals surface area contributed by atoms with Crippen molar-refractivity contribution in [1.29, 1.82) is 5.41 Å². The number of ether oxygens (including phenoxy) is 1. The lowest BCUT2D eigenvalue weighted by Crippen LogP contribution is -2.35. The molecule has 2 heterocycles. The second kappa shape index (κ2) is 10.5. The van der Waals surface area contributed by atoms with Crippen LogP contribution in [0.15, 0.2) is 58.9 Å². The number of allylic oxidation sites excluding steroid dienone is 2. The normalized spacial score (nSPS) is 18.8. The number of amidine groups is 2. The number of hydrogen-bond acceptors (Lipinski definition) is 6. The van der Waals surface area contributed by atoms with E-state index in [1.165, 1.54) is 30.6 Å². The molecule has 0 radical (unpaired) electrons. The minimum atomic E-state index is -4.55. The lowest BCUT2D eigenvalue weighted by atomic mass is 9.83. The zero-order valence-electron chi connectivity index (χ0n) is 19.8.